The van der Waals surface area contributed by atoms with E-state index >= 15 is 0 Å². The van der Waals surface area contributed by atoms with Crippen LogP contribution in [0.4, 0.5) is 17.3 Å². The van der Waals surface area contributed by atoms with Gasteiger partial charge in [0.2, 0.25) is 0 Å². The number of para-hydroxylation sites is 1. The Labute approximate surface area is 157 Å². The summed E-state index contributed by atoms with van der Waals surface area (Å²) < 4.78 is 11.6. The van der Waals surface area contributed by atoms with Gasteiger partial charge in [-0.2, -0.15) is 0 Å². The van der Waals surface area contributed by atoms with Crippen molar-refractivity contribution in [3.8, 4) is 0 Å². The van der Waals surface area contributed by atoms with Gasteiger partial charge in [-0.05, 0) is 19.1 Å². The molecular weight excluding hydrogens is 348 g/mol. The predicted octanol–water partition coefficient (Wildman–Crippen LogP) is 2.57. The summed E-state index contributed by atoms with van der Waals surface area (Å²) in [5.41, 5.74) is 0.699. The minimum absolute atomic E-state index is 0.200. The van der Waals surface area contributed by atoms with Gasteiger partial charge >= 0.3 is 5.97 Å². The van der Waals surface area contributed by atoms with E-state index in [0.29, 0.717) is 30.5 Å². The molecule has 3 heterocycles. The van der Waals surface area contributed by atoms with Crippen LogP contribution < -0.4 is 10.2 Å². The number of carbonyl (C=O) groups is 1. The molecule has 0 aliphatic carbocycles. The van der Waals surface area contributed by atoms with Crippen LogP contribution >= 0.6 is 0 Å². The number of ether oxygens (including phenoxy) is 2. The molecule has 2 aliphatic rings. The molecule has 2 aromatic rings. The minimum atomic E-state index is -0.984. The van der Waals surface area contributed by atoms with Crippen LogP contribution in [0, 0.1) is 6.92 Å². The number of piperidine rings is 1. The standard InChI is InChI=1S/C19H22N4O4/c1-13-20-16(22-15-5-3-2-4-14(15)18(24)25)12-17(21-13)23-8-6-19(7-9-23)26-10-11-27-19/h2-5,12H,6-11H2,1H3,(H,24,25)(H,20,21,22). The second kappa shape index (κ2) is 7.13. The van der Waals surface area contributed by atoms with Crippen LogP contribution in [0.15, 0.2) is 30.3 Å². The third-order valence-corrected chi connectivity index (χ3v) is 4.91. The Kier molecular flexibility index (Phi) is 4.67. The first-order valence-electron chi connectivity index (χ1n) is 9.03. The van der Waals surface area contributed by atoms with Crippen molar-refractivity contribution in [1.29, 1.82) is 0 Å². The first kappa shape index (κ1) is 17.7. The highest BCUT2D eigenvalue weighted by molar-refractivity contribution is 5.95. The molecular formula is C19H22N4O4. The summed E-state index contributed by atoms with van der Waals surface area (Å²) in [6, 6.07) is 8.61. The molecule has 2 N–H and O–H groups in total. The lowest BCUT2D eigenvalue weighted by Gasteiger charge is -2.38. The second-order valence-corrected chi connectivity index (χ2v) is 6.73. The summed E-state index contributed by atoms with van der Waals surface area (Å²) in [6.45, 7) is 4.70. The molecule has 2 aliphatic heterocycles. The molecule has 8 heteroatoms. The number of nitrogens with one attached hydrogen (secondary N) is 1. The fourth-order valence-corrected chi connectivity index (χ4v) is 3.56. The zero-order chi connectivity index (χ0) is 18.9. The van der Waals surface area contributed by atoms with Crippen molar-refractivity contribution < 1.29 is 19.4 Å². The van der Waals surface area contributed by atoms with Crippen molar-refractivity contribution in [2.75, 3.05) is 36.5 Å². The third-order valence-electron chi connectivity index (χ3n) is 4.91. The van der Waals surface area contributed by atoms with E-state index in [1.165, 1.54) is 0 Å². The topological polar surface area (TPSA) is 96.8 Å². The van der Waals surface area contributed by atoms with E-state index in [1.54, 1.807) is 24.3 Å². The summed E-state index contributed by atoms with van der Waals surface area (Å²) >= 11 is 0. The maximum Gasteiger partial charge on any atom is 0.337 e. The molecule has 1 spiro atoms. The van der Waals surface area contributed by atoms with Gasteiger partial charge in [0.25, 0.3) is 0 Å². The van der Waals surface area contributed by atoms with Crippen LogP contribution in [0.25, 0.3) is 0 Å². The molecule has 0 unspecified atom stereocenters. The lowest BCUT2D eigenvalue weighted by atomic mass is 10.0. The Hall–Kier alpha value is -2.71. The number of aryl methyl sites for hydroxylation is 1. The monoisotopic (exact) mass is 370 g/mol. The Morgan fingerprint density at radius 2 is 1.89 bits per heavy atom. The molecule has 2 fully saturated rings. The normalized spacial score (nSPS) is 18.6. The van der Waals surface area contributed by atoms with Gasteiger partial charge in [0, 0.05) is 32.0 Å². The van der Waals surface area contributed by atoms with Crippen LogP contribution in [0.5, 0.6) is 0 Å². The number of carboxylic acid groups (broad SMARTS) is 1. The van der Waals surface area contributed by atoms with Crippen molar-refractivity contribution in [3.05, 3.63) is 41.7 Å². The average Bonchev–Trinajstić information content (AvgIpc) is 3.10. The highest BCUT2D eigenvalue weighted by atomic mass is 16.7. The van der Waals surface area contributed by atoms with Gasteiger partial charge in [0.1, 0.15) is 17.5 Å². The SMILES string of the molecule is Cc1nc(Nc2ccccc2C(=O)O)cc(N2CCC3(CC2)OCCO3)n1. The van der Waals surface area contributed by atoms with Crippen LogP contribution in [0.3, 0.4) is 0 Å². The van der Waals surface area contributed by atoms with E-state index in [1.807, 2.05) is 13.0 Å². The molecule has 4 rings (SSSR count). The molecule has 0 bridgehead atoms. The van der Waals surface area contributed by atoms with E-state index in [2.05, 4.69) is 20.2 Å². The summed E-state index contributed by atoms with van der Waals surface area (Å²) in [5.74, 6) is 0.587. The quantitative estimate of drug-likeness (QED) is 0.848. The summed E-state index contributed by atoms with van der Waals surface area (Å²) in [7, 11) is 0. The Bertz CT molecular complexity index is 841. The van der Waals surface area contributed by atoms with Gasteiger partial charge in [0.15, 0.2) is 5.79 Å². The zero-order valence-electron chi connectivity index (χ0n) is 15.1. The Balaban J connectivity index is 1.53. The first-order chi connectivity index (χ1) is 13.0. The molecule has 8 nitrogen and oxygen atoms in total. The van der Waals surface area contributed by atoms with Crippen LogP contribution in [-0.4, -0.2) is 53.1 Å². The van der Waals surface area contributed by atoms with Crippen molar-refractivity contribution in [1.82, 2.24) is 9.97 Å². The number of aromatic carboxylic acids is 1. The lowest BCUT2D eigenvalue weighted by molar-refractivity contribution is -0.169. The number of aromatic nitrogens is 2. The molecule has 0 radical (unpaired) electrons. The van der Waals surface area contributed by atoms with Gasteiger partial charge in [-0.1, -0.05) is 12.1 Å². The van der Waals surface area contributed by atoms with Crippen molar-refractivity contribution >= 4 is 23.3 Å². The van der Waals surface area contributed by atoms with Gasteiger partial charge < -0.3 is 24.8 Å². The van der Waals surface area contributed by atoms with Crippen molar-refractivity contribution in [3.63, 3.8) is 0 Å². The van der Waals surface area contributed by atoms with E-state index in [-0.39, 0.29) is 5.56 Å². The maximum atomic E-state index is 11.4. The second-order valence-electron chi connectivity index (χ2n) is 6.73. The van der Waals surface area contributed by atoms with Crippen LogP contribution in [0.2, 0.25) is 0 Å². The largest absolute Gasteiger partial charge is 0.478 e. The van der Waals surface area contributed by atoms with Gasteiger partial charge in [-0.15, -0.1) is 0 Å². The average molecular weight is 370 g/mol. The molecule has 2 saturated heterocycles. The fourth-order valence-electron chi connectivity index (χ4n) is 3.56. The maximum absolute atomic E-state index is 11.4. The van der Waals surface area contributed by atoms with E-state index in [4.69, 9.17) is 9.47 Å². The van der Waals surface area contributed by atoms with Gasteiger partial charge in [0.05, 0.1) is 24.5 Å². The molecule has 0 atom stereocenters. The van der Waals surface area contributed by atoms with Crippen molar-refractivity contribution in [2.45, 2.75) is 25.6 Å². The van der Waals surface area contributed by atoms with Gasteiger partial charge in [-0.25, -0.2) is 14.8 Å². The Morgan fingerprint density at radius 3 is 2.59 bits per heavy atom. The van der Waals surface area contributed by atoms with E-state index < -0.39 is 11.8 Å². The van der Waals surface area contributed by atoms with Gasteiger partial charge in [-0.3, -0.25) is 0 Å². The predicted molar refractivity (Wildman–Crippen MR) is 99.5 cm³/mol. The van der Waals surface area contributed by atoms with Crippen LogP contribution in [0.1, 0.15) is 29.0 Å². The summed E-state index contributed by atoms with van der Waals surface area (Å²) in [6.07, 6.45) is 1.58. The fraction of sp³-hybridized carbons (Fsp3) is 0.421. The molecule has 1 aromatic heterocycles. The molecule has 1 aromatic carbocycles. The molecule has 142 valence electrons. The third kappa shape index (κ3) is 3.72. The molecule has 0 saturated carbocycles. The Morgan fingerprint density at radius 1 is 1.19 bits per heavy atom. The minimum Gasteiger partial charge on any atom is -0.478 e. The summed E-state index contributed by atoms with van der Waals surface area (Å²) in [4.78, 5) is 22.5. The van der Waals surface area contributed by atoms with Crippen molar-refractivity contribution in [2.24, 2.45) is 0 Å². The highest BCUT2D eigenvalue weighted by Crippen LogP contribution is 2.33. The number of rotatable bonds is 4. The number of hydrogen-bond donors (Lipinski definition) is 2. The van der Waals surface area contributed by atoms with Crippen LogP contribution in [-0.2, 0) is 9.47 Å². The summed E-state index contributed by atoms with van der Waals surface area (Å²) in [5, 5.41) is 12.5. The molecule has 27 heavy (non-hydrogen) atoms. The first-order valence-corrected chi connectivity index (χ1v) is 9.03. The lowest BCUT2D eigenvalue weighted by Crippen LogP contribution is -2.45. The number of carboxylic acids is 1. The number of benzene rings is 1. The molecule has 0 amide bonds. The number of nitrogens with zero attached hydrogens (tertiary/aromatic N) is 3. The zero-order valence-corrected chi connectivity index (χ0v) is 15.1. The van der Waals surface area contributed by atoms with E-state index in [9.17, 15) is 9.90 Å². The highest BCUT2D eigenvalue weighted by Gasteiger charge is 2.40. The van der Waals surface area contributed by atoms with E-state index in [0.717, 1.165) is 31.7 Å². The number of anilines is 3. The number of hydrogen-bond acceptors (Lipinski definition) is 7. The smallest absolute Gasteiger partial charge is 0.337 e.